The summed E-state index contributed by atoms with van der Waals surface area (Å²) in [7, 11) is 1.84. The minimum atomic E-state index is 0. The van der Waals surface area contributed by atoms with E-state index < -0.39 is 0 Å². The first-order valence-electron chi connectivity index (χ1n) is 10.3. The summed E-state index contributed by atoms with van der Waals surface area (Å²) in [5, 5.41) is 8.31. The van der Waals surface area contributed by atoms with Crippen molar-refractivity contribution in [3.8, 4) is 0 Å². The van der Waals surface area contributed by atoms with E-state index in [1.165, 1.54) is 35.1 Å². The maximum Gasteiger partial charge on any atom is 0.191 e. The number of aliphatic imine (C=N–C) groups is 1. The van der Waals surface area contributed by atoms with Crippen LogP contribution in [-0.4, -0.2) is 55.1 Å². The van der Waals surface area contributed by atoms with E-state index in [0.29, 0.717) is 6.04 Å². The van der Waals surface area contributed by atoms with E-state index in [-0.39, 0.29) is 24.0 Å². The van der Waals surface area contributed by atoms with Gasteiger partial charge in [-0.25, -0.2) is 0 Å². The Morgan fingerprint density at radius 2 is 1.93 bits per heavy atom. The molecule has 0 saturated carbocycles. The number of nitrogens with zero attached hydrogens (tertiary/aromatic N) is 2. The molecular weight excluding hydrogens is 461 g/mol. The van der Waals surface area contributed by atoms with Crippen LogP contribution in [-0.2, 0) is 6.42 Å². The number of rotatable bonds is 10. The molecule has 0 radical (unpaired) electrons. The lowest BCUT2D eigenvalue weighted by atomic mass is 10.1. The third-order valence-electron chi connectivity index (χ3n) is 5.31. The highest BCUT2D eigenvalue weighted by Crippen LogP contribution is 2.21. The Labute approximate surface area is 187 Å². The number of halogens is 1. The predicted molar refractivity (Wildman–Crippen MR) is 133 cm³/mol. The molecule has 0 aliphatic carbocycles. The van der Waals surface area contributed by atoms with Gasteiger partial charge in [0.15, 0.2) is 5.96 Å². The minimum absolute atomic E-state index is 0. The van der Waals surface area contributed by atoms with Crippen molar-refractivity contribution in [2.75, 3.05) is 33.2 Å². The molecular formula is C22H38IN5. The molecule has 1 atom stereocenters. The molecule has 1 aromatic carbocycles. The average molecular weight is 499 g/mol. The van der Waals surface area contributed by atoms with Gasteiger partial charge >= 0.3 is 0 Å². The molecule has 3 N–H and O–H groups in total. The van der Waals surface area contributed by atoms with Crippen LogP contribution in [0, 0.1) is 6.92 Å². The second-order valence-corrected chi connectivity index (χ2v) is 7.24. The van der Waals surface area contributed by atoms with Crippen LogP contribution in [0.4, 0.5) is 0 Å². The van der Waals surface area contributed by atoms with Gasteiger partial charge in [-0.2, -0.15) is 0 Å². The van der Waals surface area contributed by atoms with Gasteiger partial charge in [0.2, 0.25) is 0 Å². The fourth-order valence-corrected chi connectivity index (χ4v) is 3.62. The van der Waals surface area contributed by atoms with Gasteiger partial charge in [-0.05, 0) is 64.4 Å². The maximum absolute atomic E-state index is 4.38. The Kier molecular flexibility index (Phi) is 11.5. The molecule has 0 amide bonds. The van der Waals surface area contributed by atoms with E-state index in [1.54, 1.807) is 0 Å². The van der Waals surface area contributed by atoms with Gasteiger partial charge in [-0.3, -0.25) is 4.99 Å². The summed E-state index contributed by atoms with van der Waals surface area (Å²) in [5.41, 5.74) is 3.86. The van der Waals surface area contributed by atoms with E-state index in [1.807, 2.05) is 7.05 Å². The van der Waals surface area contributed by atoms with Crippen LogP contribution in [0.25, 0.3) is 10.9 Å². The Morgan fingerprint density at radius 1 is 1.21 bits per heavy atom. The van der Waals surface area contributed by atoms with E-state index in [2.05, 4.69) is 77.5 Å². The fourth-order valence-electron chi connectivity index (χ4n) is 3.62. The van der Waals surface area contributed by atoms with Crippen molar-refractivity contribution in [2.45, 2.75) is 53.0 Å². The van der Waals surface area contributed by atoms with E-state index in [0.717, 1.165) is 38.4 Å². The number of hydrogen-bond acceptors (Lipinski definition) is 2. The zero-order valence-corrected chi connectivity index (χ0v) is 20.5. The number of para-hydroxylation sites is 1. The van der Waals surface area contributed by atoms with Gasteiger partial charge in [-0.15, -0.1) is 24.0 Å². The number of nitrogens with one attached hydrogen (secondary N) is 3. The summed E-state index contributed by atoms with van der Waals surface area (Å²) in [6.07, 6.45) is 3.34. The third kappa shape index (κ3) is 7.28. The normalized spacial score (nSPS) is 12.9. The summed E-state index contributed by atoms with van der Waals surface area (Å²) in [6.45, 7) is 13.2. The van der Waals surface area contributed by atoms with Gasteiger partial charge in [0.05, 0.1) is 0 Å². The highest BCUT2D eigenvalue weighted by molar-refractivity contribution is 14.0. The molecule has 0 bridgehead atoms. The maximum atomic E-state index is 4.38. The summed E-state index contributed by atoms with van der Waals surface area (Å²) in [4.78, 5) is 10.3. The average Bonchev–Trinajstić information content (AvgIpc) is 2.99. The molecule has 1 aromatic heterocycles. The first-order chi connectivity index (χ1) is 13.1. The molecule has 0 saturated heterocycles. The molecule has 2 aromatic rings. The SMILES string of the molecule is CCN(CC)CCCC(C)NC(=NC)NCCc1c(C)[nH]c2ccccc12.I. The molecule has 0 spiro atoms. The lowest BCUT2D eigenvalue weighted by Gasteiger charge is -2.21. The fraction of sp³-hybridized carbons (Fsp3) is 0.591. The van der Waals surface area contributed by atoms with E-state index in [4.69, 9.17) is 0 Å². The molecule has 0 fully saturated rings. The molecule has 1 unspecified atom stereocenters. The standard InChI is InChI=1S/C22H37N5.HI/c1-6-27(7-2)16-10-11-17(3)25-22(23-5)24-15-14-19-18(4)26-21-13-9-8-12-20(19)21;/h8-9,12-13,17,26H,6-7,10-11,14-16H2,1-5H3,(H2,23,24,25);1H. The summed E-state index contributed by atoms with van der Waals surface area (Å²) >= 11 is 0. The van der Waals surface area contributed by atoms with Crippen molar-refractivity contribution in [2.24, 2.45) is 4.99 Å². The van der Waals surface area contributed by atoms with Crippen LogP contribution in [0.2, 0.25) is 0 Å². The number of aromatic nitrogens is 1. The zero-order valence-electron chi connectivity index (χ0n) is 18.1. The van der Waals surface area contributed by atoms with Crippen molar-refractivity contribution >= 4 is 40.8 Å². The van der Waals surface area contributed by atoms with Gasteiger partial charge < -0.3 is 20.5 Å². The van der Waals surface area contributed by atoms with E-state index >= 15 is 0 Å². The minimum Gasteiger partial charge on any atom is -0.358 e. The van der Waals surface area contributed by atoms with Crippen LogP contribution in [0.1, 0.15) is 44.9 Å². The number of aromatic amines is 1. The molecule has 28 heavy (non-hydrogen) atoms. The monoisotopic (exact) mass is 499 g/mol. The number of H-pyrrole nitrogens is 1. The quantitative estimate of drug-likeness (QED) is 0.260. The van der Waals surface area contributed by atoms with Gasteiger partial charge in [0, 0.05) is 36.2 Å². The van der Waals surface area contributed by atoms with Crippen LogP contribution >= 0.6 is 24.0 Å². The van der Waals surface area contributed by atoms with Gasteiger partial charge in [-0.1, -0.05) is 32.0 Å². The molecule has 0 aliphatic rings. The van der Waals surface area contributed by atoms with Crippen molar-refractivity contribution in [1.82, 2.24) is 20.5 Å². The number of fused-ring (bicyclic) bond motifs is 1. The summed E-state index contributed by atoms with van der Waals surface area (Å²) in [5.74, 6) is 0.892. The molecule has 158 valence electrons. The molecule has 2 rings (SSSR count). The predicted octanol–water partition coefficient (Wildman–Crippen LogP) is 4.31. The Balaban J connectivity index is 0.00000392. The molecule has 0 aliphatic heterocycles. The van der Waals surface area contributed by atoms with Crippen LogP contribution < -0.4 is 10.6 Å². The summed E-state index contributed by atoms with van der Waals surface area (Å²) in [6, 6.07) is 8.93. The number of aryl methyl sites for hydroxylation is 1. The first kappa shape index (κ1) is 24.8. The Morgan fingerprint density at radius 3 is 2.61 bits per heavy atom. The highest BCUT2D eigenvalue weighted by Gasteiger charge is 2.09. The van der Waals surface area contributed by atoms with Gasteiger partial charge in [0.1, 0.15) is 0 Å². The second-order valence-electron chi connectivity index (χ2n) is 7.24. The Bertz CT molecular complexity index is 721. The van der Waals surface area contributed by atoms with Crippen LogP contribution in [0.3, 0.4) is 0 Å². The second kappa shape index (κ2) is 13.0. The van der Waals surface area contributed by atoms with Crippen LogP contribution in [0.15, 0.2) is 29.3 Å². The zero-order chi connectivity index (χ0) is 19.6. The largest absolute Gasteiger partial charge is 0.358 e. The van der Waals surface area contributed by atoms with Gasteiger partial charge in [0.25, 0.3) is 0 Å². The van der Waals surface area contributed by atoms with Crippen molar-refractivity contribution in [3.05, 3.63) is 35.5 Å². The molecule has 5 nitrogen and oxygen atoms in total. The first-order valence-corrected chi connectivity index (χ1v) is 10.3. The molecule has 6 heteroatoms. The highest BCUT2D eigenvalue weighted by atomic mass is 127. The third-order valence-corrected chi connectivity index (χ3v) is 5.31. The van der Waals surface area contributed by atoms with E-state index in [9.17, 15) is 0 Å². The number of hydrogen-bond donors (Lipinski definition) is 3. The lowest BCUT2D eigenvalue weighted by Crippen LogP contribution is -2.43. The lowest BCUT2D eigenvalue weighted by molar-refractivity contribution is 0.292. The smallest absolute Gasteiger partial charge is 0.191 e. The van der Waals surface area contributed by atoms with Crippen molar-refractivity contribution in [1.29, 1.82) is 0 Å². The van der Waals surface area contributed by atoms with Crippen molar-refractivity contribution < 1.29 is 0 Å². The number of benzene rings is 1. The Hall–Kier alpha value is -1.28. The topological polar surface area (TPSA) is 55.4 Å². The van der Waals surface area contributed by atoms with Crippen molar-refractivity contribution in [3.63, 3.8) is 0 Å². The summed E-state index contributed by atoms with van der Waals surface area (Å²) < 4.78 is 0. The molecule has 1 heterocycles. The van der Waals surface area contributed by atoms with Crippen LogP contribution in [0.5, 0.6) is 0 Å². The number of guanidine groups is 1.